The minimum Gasteiger partial charge on any atom is -0.380 e. The summed E-state index contributed by atoms with van der Waals surface area (Å²) in [5.41, 5.74) is 0. The molecule has 1 atom stereocenters. The molecule has 0 fully saturated rings. The Bertz CT molecular complexity index is 169. The molecule has 0 rings (SSSR count). The highest BCUT2D eigenvalue weighted by Crippen LogP contribution is 2.40. The van der Waals surface area contributed by atoms with Crippen LogP contribution < -0.4 is 0 Å². The van der Waals surface area contributed by atoms with Crippen LogP contribution in [0.25, 0.3) is 0 Å². The lowest BCUT2D eigenvalue weighted by Gasteiger charge is -2.07. The van der Waals surface area contributed by atoms with Crippen LogP contribution in [-0.2, 0) is 9.13 Å². The molecule has 0 bridgehead atoms. The molecule has 0 heterocycles. The van der Waals surface area contributed by atoms with E-state index >= 15 is 0 Å². The van der Waals surface area contributed by atoms with Gasteiger partial charge in [0.2, 0.25) is 0 Å². The third-order valence-electron chi connectivity index (χ3n) is 0.753. The van der Waals surface area contributed by atoms with Crippen LogP contribution in [0.5, 0.6) is 0 Å². The quantitative estimate of drug-likeness (QED) is 0.388. The smallest absolute Gasteiger partial charge is 0.353 e. The topological polar surface area (TPSA) is 135 Å². The molecule has 76 valence electrons. The first-order chi connectivity index (χ1) is 5.21. The molecule has 0 amide bonds. The van der Waals surface area contributed by atoms with Gasteiger partial charge in [-0.25, -0.2) is 0 Å². The average Bonchev–Trinajstić information content (AvgIpc) is 1.82. The largest absolute Gasteiger partial charge is 0.380 e. The molecular formula is C3H12O7P2. The average molecular weight is 222 g/mol. The van der Waals surface area contributed by atoms with Gasteiger partial charge in [-0.3, -0.25) is 9.13 Å². The van der Waals surface area contributed by atoms with Crippen LogP contribution in [0, 0.1) is 0 Å². The molecule has 12 heavy (non-hydrogen) atoms. The molecule has 0 aromatic rings. The predicted octanol–water partition coefficient (Wildman–Crippen LogP) is -0.747. The van der Waals surface area contributed by atoms with E-state index in [0.717, 1.165) is 0 Å². The second kappa shape index (κ2) is 6.74. The Hall–Kier alpha value is 0.260. The lowest BCUT2D eigenvalue weighted by Crippen LogP contribution is -2.03. The van der Waals surface area contributed by atoms with Crippen molar-refractivity contribution in [1.29, 1.82) is 0 Å². The highest BCUT2D eigenvalue weighted by molar-refractivity contribution is 7.52. The van der Waals surface area contributed by atoms with Crippen LogP contribution in [0.3, 0.4) is 0 Å². The Morgan fingerprint density at radius 3 is 1.67 bits per heavy atom. The molecule has 9 heteroatoms. The lowest BCUT2D eigenvalue weighted by atomic mass is 10.5. The van der Waals surface area contributed by atoms with Crippen LogP contribution in [0.15, 0.2) is 0 Å². The van der Waals surface area contributed by atoms with E-state index in [9.17, 15) is 4.57 Å². The van der Waals surface area contributed by atoms with E-state index < -0.39 is 21.7 Å². The van der Waals surface area contributed by atoms with E-state index in [2.05, 4.69) is 0 Å². The van der Waals surface area contributed by atoms with Crippen molar-refractivity contribution in [2.75, 3.05) is 0 Å². The molecule has 0 aromatic heterocycles. The fourth-order valence-electron chi connectivity index (χ4n) is 0.238. The van der Waals surface area contributed by atoms with Gasteiger partial charge in [0, 0.05) is 0 Å². The van der Waals surface area contributed by atoms with Crippen LogP contribution in [0.2, 0.25) is 0 Å². The van der Waals surface area contributed by atoms with Gasteiger partial charge < -0.3 is 24.7 Å². The SMILES string of the molecule is CCC(O)P(=O)(O)O.O=[PH](O)O. The van der Waals surface area contributed by atoms with Crippen molar-refractivity contribution in [3.05, 3.63) is 0 Å². The van der Waals surface area contributed by atoms with Crippen LogP contribution in [0.1, 0.15) is 13.3 Å². The summed E-state index contributed by atoms with van der Waals surface area (Å²) in [4.78, 5) is 30.6. The molecule has 5 N–H and O–H groups in total. The van der Waals surface area contributed by atoms with E-state index in [-0.39, 0.29) is 6.42 Å². The maximum atomic E-state index is 10.0. The van der Waals surface area contributed by atoms with Crippen molar-refractivity contribution in [3.8, 4) is 0 Å². The molecule has 0 spiro atoms. The van der Waals surface area contributed by atoms with E-state index in [4.69, 9.17) is 29.2 Å². The van der Waals surface area contributed by atoms with Crippen LogP contribution >= 0.6 is 15.9 Å². The molecule has 0 radical (unpaired) electrons. The summed E-state index contributed by atoms with van der Waals surface area (Å²) in [6.45, 7) is 1.50. The predicted molar refractivity (Wildman–Crippen MR) is 41.8 cm³/mol. The Balaban J connectivity index is 0. The molecule has 7 nitrogen and oxygen atoms in total. The first kappa shape index (κ1) is 14.8. The Labute approximate surface area is 69.8 Å². The van der Waals surface area contributed by atoms with Gasteiger partial charge in [0.05, 0.1) is 0 Å². The Morgan fingerprint density at radius 2 is 1.67 bits per heavy atom. The number of hydrogen-bond donors (Lipinski definition) is 5. The number of hydrogen-bond acceptors (Lipinski definition) is 3. The second-order valence-corrected chi connectivity index (χ2v) is 4.10. The van der Waals surface area contributed by atoms with Crippen molar-refractivity contribution in [2.45, 2.75) is 19.2 Å². The zero-order valence-corrected chi connectivity index (χ0v) is 8.18. The summed E-state index contributed by atoms with van der Waals surface area (Å²) in [6.07, 6.45) is 0.0876. The number of aliphatic hydroxyl groups is 1. The first-order valence-corrected chi connectivity index (χ1v) is 5.85. The summed E-state index contributed by atoms with van der Waals surface area (Å²) >= 11 is 0. The fraction of sp³-hybridized carbons (Fsp3) is 1.00. The maximum Gasteiger partial charge on any atom is 0.353 e. The molecule has 0 aliphatic heterocycles. The van der Waals surface area contributed by atoms with Crippen molar-refractivity contribution >= 4 is 15.9 Å². The summed E-state index contributed by atoms with van der Waals surface area (Å²) in [5.74, 6) is -1.48. The van der Waals surface area contributed by atoms with Crippen molar-refractivity contribution in [2.24, 2.45) is 0 Å². The molecule has 1 unspecified atom stereocenters. The highest BCUT2D eigenvalue weighted by atomic mass is 31.2. The van der Waals surface area contributed by atoms with Gasteiger partial charge in [-0.15, -0.1) is 0 Å². The molecule has 0 aliphatic rings. The molecule has 0 saturated heterocycles. The van der Waals surface area contributed by atoms with Gasteiger partial charge in [-0.2, -0.15) is 0 Å². The second-order valence-electron chi connectivity index (χ2n) is 1.76. The molecule has 0 aromatic carbocycles. The number of aliphatic hydroxyl groups excluding tert-OH is 1. The van der Waals surface area contributed by atoms with E-state index in [1.165, 1.54) is 6.92 Å². The van der Waals surface area contributed by atoms with Gasteiger partial charge in [0.25, 0.3) is 0 Å². The third kappa shape index (κ3) is 12.9. The number of rotatable bonds is 2. The summed E-state index contributed by atoms with van der Waals surface area (Å²) < 4.78 is 18.7. The van der Waals surface area contributed by atoms with Gasteiger partial charge >= 0.3 is 15.9 Å². The molecule has 0 aliphatic carbocycles. The fourth-order valence-corrected chi connectivity index (χ4v) is 0.714. The zero-order valence-electron chi connectivity index (χ0n) is 6.28. The zero-order chi connectivity index (χ0) is 10.4. The third-order valence-corrected chi connectivity index (χ3v) is 1.90. The van der Waals surface area contributed by atoms with E-state index in [1.807, 2.05) is 0 Å². The summed E-state index contributed by atoms with van der Waals surface area (Å²) in [7, 11) is -7.33. The minimum atomic E-state index is -4.20. The lowest BCUT2D eigenvalue weighted by molar-refractivity contribution is 0.199. The monoisotopic (exact) mass is 222 g/mol. The Kier molecular flexibility index (Phi) is 8.30. The summed E-state index contributed by atoms with van der Waals surface area (Å²) in [6, 6.07) is 0. The maximum absolute atomic E-state index is 10.0. The van der Waals surface area contributed by atoms with E-state index in [1.54, 1.807) is 0 Å². The van der Waals surface area contributed by atoms with E-state index in [0.29, 0.717) is 0 Å². The molecular weight excluding hydrogens is 210 g/mol. The normalized spacial score (nSPS) is 13.6. The van der Waals surface area contributed by atoms with Crippen molar-refractivity contribution < 1.29 is 33.8 Å². The van der Waals surface area contributed by atoms with Crippen LogP contribution in [0.4, 0.5) is 0 Å². The van der Waals surface area contributed by atoms with Gasteiger partial charge in [0.1, 0.15) is 0 Å². The minimum absolute atomic E-state index is 0.0876. The summed E-state index contributed by atoms with van der Waals surface area (Å²) in [5, 5.41) is 8.43. The van der Waals surface area contributed by atoms with Gasteiger partial charge in [0.15, 0.2) is 5.85 Å². The Morgan fingerprint density at radius 1 is 1.42 bits per heavy atom. The highest BCUT2D eigenvalue weighted by Gasteiger charge is 2.23. The molecule has 0 saturated carbocycles. The van der Waals surface area contributed by atoms with Crippen LogP contribution in [-0.4, -0.2) is 30.5 Å². The van der Waals surface area contributed by atoms with Crippen molar-refractivity contribution in [1.82, 2.24) is 0 Å². The van der Waals surface area contributed by atoms with Gasteiger partial charge in [-0.1, -0.05) is 6.92 Å². The first-order valence-electron chi connectivity index (χ1n) is 2.87. The van der Waals surface area contributed by atoms with Crippen molar-refractivity contribution in [3.63, 3.8) is 0 Å². The standard InChI is InChI=1S/C3H9O4P.H3O3P/c1-2-3(4)8(5,6)7;1-4(2)3/h3-4H,2H2,1H3,(H2,5,6,7);4H,(H2,1,2,3). The van der Waals surface area contributed by atoms with Gasteiger partial charge in [-0.05, 0) is 6.42 Å².